The third kappa shape index (κ3) is 3.33. The van der Waals surface area contributed by atoms with Crippen molar-refractivity contribution in [2.24, 2.45) is 0 Å². The number of anilines is 1. The normalized spacial score (nSPS) is 18.8. The van der Waals surface area contributed by atoms with E-state index < -0.39 is 0 Å². The molecule has 2 aliphatic rings. The lowest BCUT2D eigenvalue weighted by molar-refractivity contribution is 0.0928. The molecule has 4 heteroatoms. The fourth-order valence-electron chi connectivity index (χ4n) is 4.24. The second-order valence-electron chi connectivity index (χ2n) is 7.60. The Balaban J connectivity index is 1.49. The largest absolute Gasteiger partial charge is 0.356 e. The Hall–Kier alpha value is -2.36. The molecule has 4 rings (SSSR count). The van der Waals surface area contributed by atoms with E-state index in [2.05, 4.69) is 45.5 Å². The van der Waals surface area contributed by atoms with Gasteiger partial charge in [-0.05, 0) is 49.8 Å². The predicted octanol–water partition coefficient (Wildman–Crippen LogP) is 3.92. The molecule has 2 heterocycles. The molecular formula is C22H27N3O. The molecule has 1 N–H and O–H groups in total. The number of pyridine rings is 1. The number of amides is 1. The molecule has 1 aliphatic carbocycles. The smallest absolute Gasteiger partial charge is 0.255 e. The number of hydrogen-bond acceptors (Lipinski definition) is 3. The van der Waals surface area contributed by atoms with Crippen LogP contribution in [0.1, 0.15) is 54.4 Å². The van der Waals surface area contributed by atoms with Crippen LogP contribution in [0, 0.1) is 0 Å². The van der Waals surface area contributed by atoms with Crippen molar-refractivity contribution < 1.29 is 4.79 Å². The van der Waals surface area contributed by atoms with Crippen molar-refractivity contribution in [2.75, 3.05) is 24.5 Å². The van der Waals surface area contributed by atoms with E-state index in [9.17, 15) is 4.79 Å². The van der Waals surface area contributed by atoms with E-state index in [4.69, 9.17) is 0 Å². The Kier molecular flexibility index (Phi) is 4.91. The number of nitrogens with zero attached hydrogens (tertiary/aromatic N) is 2. The Morgan fingerprint density at radius 3 is 2.46 bits per heavy atom. The third-order valence-corrected chi connectivity index (χ3v) is 5.97. The zero-order valence-corrected chi connectivity index (χ0v) is 15.3. The molecule has 1 aromatic heterocycles. The number of carbonyl (C=O) groups is 1. The Morgan fingerprint density at radius 1 is 1.00 bits per heavy atom. The van der Waals surface area contributed by atoms with E-state index in [0.29, 0.717) is 12.1 Å². The zero-order chi connectivity index (χ0) is 17.8. The maximum absolute atomic E-state index is 12.9. The first-order valence-electron chi connectivity index (χ1n) is 9.82. The van der Waals surface area contributed by atoms with Gasteiger partial charge in [-0.2, -0.15) is 0 Å². The van der Waals surface area contributed by atoms with Gasteiger partial charge in [-0.1, -0.05) is 36.8 Å². The number of benzene rings is 1. The summed E-state index contributed by atoms with van der Waals surface area (Å²) >= 11 is 0. The van der Waals surface area contributed by atoms with E-state index in [1.807, 2.05) is 12.1 Å². The van der Waals surface area contributed by atoms with Gasteiger partial charge in [-0.3, -0.25) is 4.79 Å². The van der Waals surface area contributed by atoms with Gasteiger partial charge < -0.3 is 10.2 Å². The SMILES string of the molecule is O=C(NCC1(c2ccccc2)CCC1)c1cccnc1N1CCCCC1. The molecule has 4 nitrogen and oxygen atoms in total. The second-order valence-corrected chi connectivity index (χ2v) is 7.60. The number of rotatable bonds is 5. The molecule has 1 saturated carbocycles. The predicted molar refractivity (Wildman–Crippen MR) is 105 cm³/mol. The highest BCUT2D eigenvalue weighted by Crippen LogP contribution is 2.43. The monoisotopic (exact) mass is 349 g/mol. The van der Waals surface area contributed by atoms with Gasteiger partial charge in [0, 0.05) is 31.2 Å². The molecule has 1 amide bonds. The molecule has 0 bridgehead atoms. The molecule has 2 aromatic rings. The Labute approximate surface area is 155 Å². The summed E-state index contributed by atoms with van der Waals surface area (Å²) in [7, 11) is 0. The summed E-state index contributed by atoms with van der Waals surface area (Å²) < 4.78 is 0. The third-order valence-electron chi connectivity index (χ3n) is 5.97. The van der Waals surface area contributed by atoms with Gasteiger partial charge in [0.2, 0.25) is 0 Å². The highest BCUT2D eigenvalue weighted by Gasteiger charge is 2.38. The standard InChI is InChI=1S/C22H27N3O/c26-21(19-11-7-14-23-20(19)25-15-5-2-6-16-25)24-17-22(12-8-13-22)18-9-3-1-4-10-18/h1,3-4,7,9-11,14H,2,5-6,8,12-13,15-17H2,(H,24,26). The minimum absolute atomic E-state index is 0.000814. The fourth-order valence-corrected chi connectivity index (χ4v) is 4.24. The van der Waals surface area contributed by atoms with E-state index in [1.54, 1.807) is 6.20 Å². The number of nitrogens with one attached hydrogen (secondary N) is 1. The van der Waals surface area contributed by atoms with Crippen LogP contribution in [-0.2, 0) is 5.41 Å². The minimum atomic E-state index is 0.000814. The summed E-state index contributed by atoms with van der Waals surface area (Å²) in [4.78, 5) is 19.7. The number of carbonyl (C=O) groups excluding carboxylic acids is 1. The fraction of sp³-hybridized carbons (Fsp3) is 0.455. The molecule has 2 fully saturated rings. The minimum Gasteiger partial charge on any atom is -0.356 e. The highest BCUT2D eigenvalue weighted by atomic mass is 16.1. The van der Waals surface area contributed by atoms with E-state index in [1.165, 1.54) is 31.2 Å². The van der Waals surface area contributed by atoms with Crippen LogP contribution in [0.15, 0.2) is 48.7 Å². The molecule has 1 aliphatic heterocycles. The van der Waals surface area contributed by atoms with Crippen molar-refractivity contribution in [1.29, 1.82) is 0 Å². The molecule has 136 valence electrons. The Bertz CT molecular complexity index is 749. The molecule has 1 aromatic carbocycles. The molecular weight excluding hydrogens is 322 g/mol. The summed E-state index contributed by atoms with van der Waals surface area (Å²) in [6, 6.07) is 14.4. The Morgan fingerprint density at radius 2 is 1.77 bits per heavy atom. The van der Waals surface area contributed by atoms with Crippen LogP contribution in [0.4, 0.5) is 5.82 Å². The number of hydrogen-bond donors (Lipinski definition) is 1. The lowest BCUT2D eigenvalue weighted by Crippen LogP contribution is -2.46. The van der Waals surface area contributed by atoms with Crippen molar-refractivity contribution >= 4 is 11.7 Å². The summed E-state index contributed by atoms with van der Waals surface area (Å²) in [5.41, 5.74) is 2.15. The quantitative estimate of drug-likeness (QED) is 0.890. The van der Waals surface area contributed by atoms with E-state index >= 15 is 0 Å². The zero-order valence-electron chi connectivity index (χ0n) is 15.3. The second kappa shape index (κ2) is 7.48. The highest BCUT2D eigenvalue weighted by molar-refractivity contribution is 5.99. The van der Waals surface area contributed by atoms with E-state index in [0.717, 1.165) is 31.7 Å². The van der Waals surface area contributed by atoms with Crippen LogP contribution in [0.25, 0.3) is 0 Å². The van der Waals surface area contributed by atoms with Crippen LogP contribution in [0.2, 0.25) is 0 Å². The lowest BCUT2D eigenvalue weighted by atomic mass is 9.64. The van der Waals surface area contributed by atoms with Crippen molar-refractivity contribution in [2.45, 2.75) is 43.9 Å². The summed E-state index contributed by atoms with van der Waals surface area (Å²) in [6.45, 7) is 2.68. The van der Waals surface area contributed by atoms with Gasteiger partial charge in [0.05, 0.1) is 5.56 Å². The van der Waals surface area contributed by atoms with Gasteiger partial charge in [-0.15, -0.1) is 0 Å². The van der Waals surface area contributed by atoms with Gasteiger partial charge in [0.15, 0.2) is 0 Å². The average Bonchev–Trinajstić information content (AvgIpc) is 2.68. The van der Waals surface area contributed by atoms with Crippen LogP contribution >= 0.6 is 0 Å². The summed E-state index contributed by atoms with van der Waals surface area (Å²) in [5.74, 6) is 0.841. The summed E-state index contributed by atoms with van der Waals surface area (Å²) in [6.07, 6.45) is 8.93. The van der Waals surface area contributed by atoms with Crippen LogP contribution < -0.4 is 10.2 Å². The first kappa shape index (κ1) is 17.1. The van der Waals surface area contributed by atoms with Gasteiger partial charge in [-0.25, -0.2) is 4.98 Å². The lowest BCUT2D eigenvalue weighted by Gasteiger charge is -2.42. The van der Waals surface area contributed by atoms with Gasteiger partial charge >= 0.3 is 0 Å². The maximum Gasteiger partial charge on any atom is 0.255 e. The summed E-state index contributed by atoms with van der Waals surface area (Å²) in [5, 5.41) is 3.21. The van der Waals surface area contributed by atoms with Crippen LogP contribution in [-0.4, -0.2) is 30.5 Å². The van der Waals surface area contributed by atoms with Crippen molar-refractivity contribution in [3.8, 4) is 0 Å². The van der Waals surface area contributed by atoms with Crippen molar-refractivity contribution in [3.05, 3.63) is 59.8 Å². The molecule has 0 atom stereocenters. The van der Waals surface area contributed by atoms with Crippen LogP contribution in [0.5, 0.6) is 0 Å². The molecule has 26 heavy (non-hydrogen) atoms. The van der Waals surface area contributed by atoms with Gasteiger partial charge in [0.25, 0.3) is 5.91 Å². The van der Waals surface area contributed by atoms with Crippen molar-refractivity contribution in [1.82, 2.24) is 10.3 Å². The topological polar surface area (TPSA) is 45.2 Å². The molecule has 1 saturated heterocycles. The first-order valence-corrected chi connectivity index (χ1v) is 9.82. The molecule has 0 spiro atoms. The maximum atomic E-state index is 12.9. The van der Waals surface area contributed by atoms with Crippen LogP contribution in [0.3, 0.4) is 0 Å². The van der Waals surface area contributed by atoms with Crippen molar-refractivity contribution in [3.63, 3.8) is 0 Å². The molecule has 0 unspecified atom stereocenters. The number of piperidine rings is 1. The molecule has 0 radical (unpaired) electrons. The number of aromatic nitrogens is 1. The first-order chi connectivity index (χ1) is 12.8. The van der Waals surface area contributed by atoms with E-state index in [-0.39, 0.29) is 11.3 Å². The average molecular weight is 349 g/mol. The van der Waals surface area contributed by atoms with Gasteiger partial charge in [0.1, 0.15) is 5.82 Å².